The number of thiazole rings is 1. The summed E-state index contributed by atoms with van der Waals surface area (Å²) in [4.78, 5) is 23.4. The molecule has 1 amide bonds. The average molecular weight is 442 g/mol. The molecule has 1 heterocycles. The van der Waals surface area contributed by atoms with E-state index in [0.717, 1.165) is 47.2 Å². The molecule has 160 valence electrons. The quantitative estimate of drug-likeness (QED) is 0.357. The highest BCUT2D eigenvalue weighted by molar-refractivity contribution is 7.99. The zero-order valence-electron chi connectivity index (χ0n) is 18.1. The average Bonchev–Trinajstić information content (AvgIpc) is 3.20. The number of hydrogen-bond acceptors (Lipinski definition) is 5. The molecule has 0 saturated carbocycles. The second kappa shape index (κ2) is 11.5. The highest BCUT2D eigenvalue weighted by Gasteiger charge is 2.20. The first-order valence-corrected chi connectivity index (χ1v) is 12.5. The summed E-state index contributed by atoms with van der Waals surface area (Å²) in [7, 11) is 0. The Morgan fingerprint density at radius 2 is 1.80 bits per heavy atom. The Kier molecular flexibility index (Phi) is 8.73. The zero-order chi connectivity index (χ0) is 21.3. The number of amides is 1. The van der Waals surface area contributed by atoms with Crippen molar-refractivity contribution in [1.82, 2.24) is 9.88 Å². The van der Waals surface area contributed by atoms with Crippen LogP contribution in [0.2, 0.25) is 0 Å². The SMILES string of the molecule is CCc1ccc2nc(N(CCN(CC)CC)C(=O)CCSc3ccccc3)sc2c1. The molecule has 0 N–H and O–H groups in total. The number of aryl methyl sites for hydroxylation is 1. The van der Waals surface area contributed by atoms with Crippen LogP contribution in [0.1, 0.15) is 32.8 Å². The molecule has 0 unspecified atom stereocenters. The minimum atomic E-state index is 0.153. The van der Waals surface area contributed by atoms with Crippen molar-refractivity contribution in [2.45, 2.75) is 38.5 Å². The predicted molar refractivity (Wildman–Crippen MR) is 131 cm³/mol. The van der Waals surface area contributed by atoms with Gasteiger partial charge in [-0.1, -0.05) is 56.4 Å². The molecule has 0 saturated heterocycles. The topological polar surface area (TPSA) is 36.4 Å². The van der Waals surface area contributed by atoms with Gasteiger partial charge in [0.2, 0.25) is 5.91 Å². The third-order valence-corrected chi connectivity index (χ3v) is 7.30. The van der Waals surface area contributed by atoms with Gasteiger partial charge in [-0.2, -0.15) is 0 Å². The first kappa shape index (κ1) is 22.8. The Balaban J connectivity index is 1.74. The first-order chi connectivity index (χ1) is 14.6. The van der Waals surface area contributed by atoms with Crippen LogP contribution in [0.3, 0.4) is 0 Å². The molecule has 4 nitrogen and oxygen atoms in total. The summed E-state index contributed by atoms with van der Waals surface area (Å²) in [5, 5.41) is 0.820. The predicted octanol–water partition coefficient (Wildman–Crippen LogP) is 5.72. The van der Waals surface area contributed by atoms with E-state index >= 15 is 0 Å². The summed E-state index contributed by atoms with van der Waals surface area (Å²) in [6.45, 7) is 10.0. The number of likely N-dealkylation sites (N-methyl/N-ethyl adjacent to an activating group) is 1. The fraction of sp³-hybridized carbons (Fsp3) is 0.417. The number of aromatic nitrogens is 1. The molecule has 3 rings (SSSR count). The van der Waals surface area contributed by atoms with Crippen LogP contribution in [0, 0.1) is 0 Å². The molecule has 0 spiro atoms. The summed E-state index contributed by atoms with van der Waals surface area (Å²) >= 11 is 3.36. The van der Waals surface area contributed by atoms with E-state index in [1.165, 1.54) is 10.5 Å². The highest BCUT2D eigenvalue weighted by atomic mass is 32.2. The molecule has 1 aromatic heterocycles. The molecule has 0 aliphatic heterocycles. The zero-order valence-corrected chi connectivity index (χ0v) is 19.8. The van der Waals surface area contributed by atoms with Crippen molar-refractivity contribution in [2.24, 2.45) is 0 Å². The number of fused-ring (bicyclic) bond motifs is 1. The van der Waals surface area contributed by atoms with E-state index in [1.54, 1.807) is 23.1 Å². The molecular weight excluding hydrogens is 410 g/mol. The summed E-state index contributed by atoms with van der Waals surface area (Å²) in [6, 6.07) is 16.7. The molecule has 0 aliphatic carbocycles. The third-order valence-electron chi connectivity index (χ3n) is 5.24. The summed E-state index contributed by atoms with van der Waals surface area (Å²) in [5.41, 5.74) is 2.28. The van der Waals surface area contributed by atoms with E-state index < -0.39 is 0 Å². The molecule has 0 radical (unpaired) electrons. The van der Waals surface area contributed by atoms with Gasteiger partial charge in [-0.25, -0.2) is 4.98 Å². The minimum Gasteiger partial charge on any atom is -0.302 e. The number of carbonyl (C=O) groups is 1. The Morgan fingerprint density at radius 3 is 2.50 bits per heavy atom. The number of thioether (sulfide) groups is 1. The van der Waals surface area contributed by atoms with Crippen molar-refractivity contribution in [3.63, 3.8) is 0 Å². The van der Waals surface area contributed by atoms with Crippen molar-refractivity contribution in [3.8, 4) is 0 Å². The normalized spacial score (nSPS) is 11.3. The van der Waals surface area contributed by atoms with Gasteiger partial charge in [-0.05, 0) is 49.3 Å². The first-order valence-electron chi connectivity index (χ1n) is 10.7. The molecule has 0 fully saturated rings. The fourth-order valence-electron chi connectivity index (χ4n) is 3.31. The van der Waals surface area contributed by atoms with E-state index in [9.17, 15) is 4.79 Å². The third kappa shape index (κ3) is 6.06. The van der Waals surface area contributed by atoms with Crippen LogP contribution in [0.25, 0.3) is 10.2 Å². The van der Waals surface area contributed by atoms with Gasteiger partial charge >= 0.3 is 0 Å². The molecule has 30 heavy (non-hydrogen) atoms. The summed E-state index contributed by atoms with van der Waals surface area (Å²) in [5.74, 6) is 0.926. The Bertz CT molecular complexity index is 938. The largest absolute Gasteiger partial charge is 0.302 e. The lowest BCUT2D eigenvalue weighted by atomic mass is 10.2. The maximum absolute atomic E-state index is 13.2. The van der Waals surface area contributed by atoms with Crippen LogP contribution in [-0.2, 0) is 11.2 Å². The van der Waals surface area contributed by atoms with Crippen LogP contribution in [-0.4, -0.2) is 47.7 Å². The second-order valence-corrected chi connectivity index (χ2v) is 9.31. The van der Waals surface area contributed by atoms with Crippen molar-refractivity contribution in [2.75, 3.05) is 36.8 Å². The van der Waals surface area contributed by atoms with Crippen molar-refractivity contribution in [3.05, 3.63) is 54.1 Å². The van der Waals surface area contributed by atoms with Gasteiger partial charge in [-0.3, -0.25) is 9.69 Å². The van der Waals surface area contributed by atoms with Gasteiger partial charge in [0.25, 0.3) is 0 Å². The van der Waals surface area contributed by atoms with E-state index in [0.29, 0.717) is 13.0 Å². The van der Waals surface area contributed by atoms with Crippen molar-refractivity contribution in [1.29, 1.82) is 0 Å². The van der Waals surface area contributed by atoms with E-state index in [4.69, 9.17) is 4.98 Å². The Labute approximate surface area is 188 Å². The molecule has 0 aliphatic rings. The van der Waals surface area contributed by atoms with Crippen molar-refractivity contribution >= 4 is 44.4 Å². The highest BCUT2D eigenvalue weighted by Crippen LogP contribution is 2.30. The van der Waals surface area contributed by atoms with E-state index in [-0.39, 0.29) is 5.91 Å². The molecule has 0 atom stereocenters. The minimum absolute atomic E-state index is 0.153. The Hall–Kier alpha value is -1.89. The maximum atomic E-state index is 13.2. The van der Waals surface area contributed by atoms with Crippen LogP contribution in [0.5, 0.6) is 0 Å². The van der Waals surface area contributed by atoms with E-state index in [1.807, 2.05) is 23.1 Å². The lowest BCUT2D eigenvalue weighted by Gasteiger charge is -2.24. The van der Waals surface area contributed by atoms with E-state index in [2.05, 4.69) is 56.0 Å². The van der Waals surface area contributed by atoms with Gasteiger partial charge in [-0.15, -0.1) is 11.8 Å². The molecule has 2 aromatic carbocycles. The number of carbonyl (C=O) groups excluding carboxylic acids is 1. The lowest BCUT2D eigenvalue weighted by molar-refractivity contribution is -0.118. The maximum Gasteiger partial charge on any atom is 0.229 e. The lowest BCUT2D eigenvalue weighted by Crippen LogP contribution is -2.39. The number of nitrogens with zero attached hydrogens (tertiary/aromatic N) is 3. The van der Waals surface area contributed by atoms with Crippen LogP contribution >= 0.6 is 23.1 Å². The number of hydrogen-bond donors (Lipinski definition) is 0. The summed E-state index contributed by atoms with van der Waals surface area (Å²) < 4.78 is 1.16. The molecule has 3 aromatic rings. The summed E-state index contributed by atoms with van der Waals surface area (Å²) in [6.07, 6.45) is 1.51. The number of rotatable bonds is 11. The van der Waals surface area contributed by atoms with Gasteiger partial charge in [0.1, 0.15) is 0 Å². The van der Waals surface area contributed by atoms with Gasteiger partial charge in [0, 0.05) is 30.2 Å². The molecular formula is C24H31N3OS2. The van der Waals surface area contributed by atoms with Crippen LogP contribution in [0.4, 0.5) is 5.13 Å². The standard InChI is InChI=1S/C24H31N3OS2/c1-4-19-12-13-21-22(18-19)30-24(25-21)27(16-15-26(5-2)6-3)23(28)14-17-29-20-10-8-7-9-11-20/h7-13,18H,4-6,14-17H2,1-3H3. The second-order valence-electron chi connectivity index (χ2n) is 7.14. The monoisotopic (exact) mass is 441 g/mol. The van der Waals surface area contributed by atoms with Gasteiger partial charge < -0.3 is 4.90 Å². The smallest absolute Gasteiger partial charge is 0.229 e. The fourth-order valence-corrected chi connectivity index (χ4v) is 5.24. The molecule has 6 heteroatoms. The number of benzene rings is 2. The Morgan fingerprint density at radius 1 is 1.03 bits per heavy atom. The van der Waals surface area contributed by atoms with Gasteiger partial charge in [0.05, 0.1) is 10.2 Å². The molecule has 0 bridgehead atoms. The van der Waals surface area contributed by atoms with Gasteiger partial charge in [0.15, 0.2) is 5.13 Å². The van der Waals surface area contributed by atoms with Crippen LogP contribution < -0.4 is 4.90 Å². The number of anilines is 1. The van der Waals surface area contributed by atoms with Crippen LogP contribution in [0.15, 0.2) is 53.4 Å². The van der Waals surface area contributed by atoms with Crippen molar-refractivity contribution < 1.29 is 4.79 Å².